The Morgan fingerprint density at radius 2 is 1.86 bits per heavy atom. The molecule has 1 aliphatic heterocycles. The molecule has 1 heterocycles. The molecule has 1 saturated heterocycles. The van der Waals surface area contributed by atoms with Gasteiger partial charge in [-0.05, 0) is 56.8 Å². The number of carbonyl (C=O) groups excluding carboxylic acids is 2. The molecule has 3 rings (SSSR count). The van der Waals surface area contributed by atoms with Gasteiger partial charge in [-0.2, -0.15) is 0 Å². The van der Waals surface area contributed by atoms with Gasteiger partial charge >= 0.3 is 5.97 Å². The summed E-state index contributed by atoms with van der Waals surface area (Å²) in [4.78, 5) is 26.1. The zero-order chi connectivity index (χ0) is 14.8. The minimum atomic E-state index is -0.0855. The van der Waals surface area contributed by atoms with Crippen molar-refractivity contribution >= 4 is 11.9 Å². The van der Waals surface area contributed by atoms with Crippen LogP contribution in [0.2, 0.25) is 0 Å². The van der Waals surface area contributed by atoms with E-state index in [1.54, 1.807) is 0 Å². The molecule has 4 heteroatoms. The Labute approximate surface area is 127 Å². The average Bonchev–Trinajstić information content (AvgIpc) is 3.10. The first kappa shape index (κ1) is 14.9. The molecule has 0 radical (unpaired) electrons. The van der Waals surface area contributed by atoms with Gasteiger partial charge in [0.05, 0.1) is 12.5 Å². The van der Waals surface area contributed by atoms with E-state index in [-0.39, 0.29) is 11.9 Å². The van der Waals surface area contributed by atoms with Crippen LogP contribution in [0.25, 0.3) is 0 Å². The van der Waals surface area contributed by atoms with E-state index < -0.39 is 0 Å². The smallest absolute Gasteiger partial charge is 0.309 e. The Morgan fingerprint density at radius 3 is 2.43 bits per heavy atom. The lowest BCUT2D eigenvalue weighted by Gasteiger charge is -2.32. The lowest BCUT2D eigenvalue weighted by molar-refractivity contribution is -0.151. The topological polar surface area (TPSA) is 46.6 Å². The molecule has 0 aromatic carbocycles. The van der Waals surface area contributed by atoms with E-state index in [2.05, 4.69) is 0 Å². The third-order valence-electron chi connectivity index (χ3n) is 5.79. The van der Waals surface area contributed by atoms with Gasteiger partial charge in [0.15, 0.2) is 0 Å². The first-order valence-corrected chi connectivity index (χ1v) is 8.61. The largest absolute Gasteiger partial charge is 0.466 e. The molecule has 3 fully saturated rings. The number of rotatable bonds is 4. The van der Waals surface area contributed by atoms with Crippen molar-refractivity contribution in [3.8, 4) is 0 Å². The molecule has 3 aliphatic rings. The normalized spacial score (nSPS) is 32.4. The fourth-order valence-corrected chi connectivity index (χ4v) is 4.60. The monoisotopic (exact) mass is 293 g/mol. The van der Waals surface area contributed by atoms with Crippen LogP contribution in [0, 0.1) is 23.7 Å². The second kappa shape index (κ2) is 6.37. The second-order valence-electron chi connectivity index (χ2n) is 7.05. The summed E-state index contributed by atoms with van der Waals surface area (Å²) in [7, 11) is 0. The maximum Gasteiger partial charge on any atom is 0.309 e. The van der Waals surface area contributed by atoms with Gasteiger partial charge in [0.1, 0.15) is 0 Å². The minimum Gasteiger partial charge on any atom is -0.466 e. The number of ether oxygens (including phenoxy) is 1. The standard InChI is InChI=1S/C17H27NO3/c1-2-21-17(20)13-5-7-18(8-6-13)16(19)11-15-10-12-3-4-14(15)9-12/h12-15H,2-11H2,1H3. The fraction of sp³-hybridized carbons (Fsp3) is 0.882. The third kappa shape index (κ3) is 3.24. The average molecular weight is 293 g/mol. The van der Waals surface area contributed by atoms with Gasteiger partial charge in [0.2, 0.25) is 5.91 Å². The molecule has 2 saturated carbocycles. The molecular weight excluding hydrogens is 266 g/mol. The van der Waals surface area contributed by atoms with E-state index in [1.807, 2.05) is 11.8 Å². The summed E-state index contributed by atoms with van der Waals surface area (Å²) in [6.45, 7) is 3.74. The molecule has 0 spiro atoms. The van der Waals surface area contributed by atoms with Crippen LogP contribution in [0.4, 0.5) is 0 Å². The highest BCUT2D eigenvalue weighted by atomic mass is 16.5. The molecule has 2 aliphatic carbocycles. The van der Waals surface area contributed by atoms with E-state index in [0.29, 0.717) is 18.4 Å². The van der Waals surface area contributed by atoms with Crippen LogP contribution < -0.4 is 0 Å². The van der Waals surface area contributed by atoms with Crippen molar-refractivity contribution in [2.45, 2.75) is 51.9 Å². The van der Waals surface area contributed by atoms with E-state index in [9.17, 15) is 9.59 Å². The Kier molecular flexibility index (Phi) is 4.51. The van der Waals surface area contributed by atoms with E-state index >= 15 is 0 Å². The zero-order valence-corrected chi connectivity index (χ0v) is 13.1. The number of carbonyl (C=O) groups is 2. The molecule has 21 heavy (non-hydrogen) atoms. The number of likely N-dealkylation sites (tertiary alicyclic amines) is 1. The van der Waals surface area contributed by atoms with Gasteiger partial charge in [-0.3, -0.25) is 9.59 Å². The van der Waals surface area contributed by atoms with Gasteiger partial charge in [-0.1, -0.05) is 6.42 Å². The van der Waals surface area contributed by atoms with Crippen LogP contribution in [0.1, 0.15) is 51.9 Å². The molecule has 0 aromatic rings. The van der Waals surface area contributed by atoms with Crippen LogP contribution in [0.3, 0.4) is 0 Å². The Morgan fingerprint density at radius 1 is 1.10 bits per heavy atom. The summed E-state index contributed by atoms with van der Waals surface area (Å²) in [5, 5.41) is 0. The number of amides is 1. The SMILES string of the molecule is CCOC(=O)C1CCN(C(=O)CC2CC3CCC2C3)CC1. The van der Waals surface area contributed by atoms with Crippen molar-refractivity contribution < 1.29 is 14.3 Å². The van der Waals surface area contributed by atoms with Gasteiger partial charge < -0.3 is 9.64 Å². The molecule has 4 nitrogen and oxygen atoms in total. The second-order valence-corrected chi connectivity index (χ2v) is 7.05. The highest BCUT2D eigenvalue weighted by Gasteiger charge is 2.41. The Balaban J connectivity index is 1.44. The van der Waals surface area contributed by atoms with Crippen molar-refractivity contribution in [1.29, 1.82) is 0 Å². The number of hydrogen-bond acceptors (Lipinski definition) is 3. The van der Waals surface area contributed by atoms with E-state index in [1.165, 1.54) is 25.7 Å². The molecule has 3 unspecified atom stereocenters. The maximum atomic E-state index is 12.4. The van der Waals surface area contributed by atoms with Crippen molar-refractivity contribution in [3.63, 3.8) is 0 Å². The molecule has 0 N–H and O–H groups in total. The molecule has 3 atom stereocenters. The Bertz CT molecular complexity index is 401. The molecule has 118 valence electrons. The van der Waals surface area contributed by atoms with Crippen molar-refractivity contribution in [2.75, 3.05) is 19.7 Å². The predicted octanol–water partition coefficient (Wildman–Crippen LogP) is 2.61. The summed E-state index contributed by atoms with van der Waals surface area (Å²) < 4.78 is 5.08. The lowest BCUT2D eigenvalue weighted by atomic mass is 9.86. The maximum absolute atomic E-state index is 12.4. The molecule has 0 aromatic heterocycles. The first-order chi connectivity index (χ1) is 10.2. The predicted molar refractivity (Wildman–Crippen MR) is 79.5 cm³/mol. The van der Waals surface area contributed by atoms with Crippen LogP contribution in [-0.4, -0.2) is 36.5 Å². The van der Waals surface area contributed by atoms with Crippen LogP contribution in [-0.2, 0) is 14.3 Å². The summed E-state index contributed by atoms with van der Waals surface area (Å²) in [5.41, 5.74) is 0. The van der Waals surface area contributed by atoms with E-state index in [0.717, 1.165) is 44.2 Å². The van der Waals surface area contributed by atoms with E-state index in [4.69, 9.17) is 4.74 Å². The summed E-state index contributed by atoms with van der Waals surface area (Å²) in [6, 6.07) is 0. The number of hydrogen-bond donors (Lipinski definition) is 0. The Hall–Kier alpha value is -1.06. The minimum absolute atomic E-state index is 0.00325. The number of esters is 1. The molecular formula is C17H27NO3. The van der Waals surface area contributed by atoms with Crippen molar-refractivity contribution in [3.05, 3.63) is 0 Å². The van der Waals surface area contributed by atoms with Gasteiger partial charge in [-0.25, -0.2) is 0 Å². The van der Waals surface area contributed by atoms with Crippen LogP contribution in [0.15, 0.2) is 0 Å². The first-order valence-electron chi connectivity index (χ1n) is 8.61. The molecule has 1 amide bonds. The highest BCUT2D eigenvalue weighted by Crippen LogP contribution is 2.49. The lowest BCUT2D eigenvalue weighted by Crippen LogP contribution is -2.41. The van der Waals surface area contributed by atoms with Crippen molar-refractivity contribution in [1.82, 2.24) is 4.90 Å². The quantitative estimate of drug-likeness (QED) is 0.749. The summed E-state index contributed by atoms with van der Waals surface area (Å²) in [5.74, 6) is 2.58. The van der Waals surface area contributed by atoms with Gasteiger partial charge in [-0.15, -0.1) is 0 Å². The molecule has 2 bridgehead atoms. The third-order valence-corrected chi connectivity index (χ3v) is 5.79. The number of nitrogens with zero attached hydrogens (tertiary/aromatic N) is 1. The number of fused-ring (bicyclic) bond motifs is 2. The van der Waals surface area contributed by atoms with Gasteiger partial charge in [0, 0.05) is 19.5 Å². The zero-order valence-electron chi connectivity index (χ0n) is 13.1. The number of piperidine rings is 1. The highest BCUT2D eigenvalue weighted by molar-refractivity contribution is 5.77. The fourth-order valence-electron chi connectivity index (χ4n) is 4.60. The van der Waals surface area contributed by atoms with Crippen molar-refractivity contribution in [2.24, 2.45) is 23.7 Å². The van der Waals surface area contributed by atoms with Crippen LogP contribution in [0.5, 0.6) is 0 Å². The summed E-state index contributed by atoms with van der Waals surface area (Å²) >= 11 is 0. The summed E-state index contributed by atoms with van der Waals surface area (Å²) in [6.07, 6.45) is 7.64. The van der Waals surface area contributed by atoms with Gasteiger partial charge in [0.25, 0.3) is 0 Å². The van der Waals surface area contributed by atoms with Crippen LogP contribution >= 0.6 is 0 Å².